The summed E-state index contributed by atoms with van der Waals surface area (Å²) >= 11 is 0. The van der Waals surface area contributed by atoms with Gasteiger partial charge in [0.2, 0.25) is 5.91 Å². The van der Waals surface area contributed by atoms with Gasteiger partial charge in [-0.1, -0.05) is 37.5 Å². The van der Waals surface area contributed by atoms with Crippen molar-refractivity contribution in [3.05, 3.63) is 30.3 Å². The predicted octanol–water partition coefficient (Wildman–Crippen LogP) is 3.47. The van der Waals surface area contributed by atoms with Gasteiger partial charge < -0.3 is 15.5 Å². The van der Waals surface area contributed by atoms with Gasteiger partial charge in [-0.2, -0.15) is 0 Å². The zero-order chi connectivity index (χ0) is 18.1. The second kappa shape index (κ2) is 6.64. The zero-order valence-electron chi connectivity index (χ0n) is 16.2. The molecule has 1 aliphatic heterocycles. The largest absolute Gasteiger partial charge is 0.355 e. The highest BCUT2D eigenvalue weighted by molar-refractivity contribution is 5.92. The average Bonchev–Trinajstić information content (AvgIpc) is 2.58. The van der Waals surface area contributed by atoms with Gasteiger partial charge in [-0.05, 0) is 52.7 Å². The highest BCUT2D eigenvalue weighted by Gasteiger charge is 2.52. The highest BCUT2D eigenvalue weighted by atomic mass is 16.2. The van der Waals surface area contributed by atoms with E-state index in [1.54, 1.807) is 0 Å². The topological polar surface area (TPSA) is 44.4 Å². The molecule has 2 fully saturated rings. The first kappa shape index (κ1) is 18.2. The summed E-state index contributed by atoms with van der Waals surface area (Å²) in [4.78, 5) is 15.7. The van der Waals surface area contributed by atoms with Crippen LogP contribution in [0.25, 0.3) is 0 Å². The van der Waals surface area contributed by atoms with Crippen molar-refractivity contribution in [2.75, 3.05) is 18.0 Å². The summed E-state index contributed by atoms with van der Waals surface area (Å²) in [6.45, 7) is 10.3. The molecule has 1 spiro atoms. The van der Waals surface area contributed by atoms with E-state index in [0.717, 1.165) is 38.8 Å². The molecule has 1 amide bonds. The first-order valence-electron chi connectivity index (χ1n) is 9.65. The number of rotatable bonds is 3. The fraction of sp³-hybridized carbons (Fsp3) is 0.667. The number of benzene rings is 1. The molecule has 2 N–H and O–H groups in total. The molecule has 0 radical (unpaired) electrons. The summed E-state index contributed by atoms with van der Waals surface area (Å²) in [6, 6.07) is 10.5. The van der Waals surface area contributed by atoms with Crippen molar-refractivity contribution >= 4 is 11.6 Å². The summed E-state index contributed by atoms with van der Waals surface area (Å²) in [6.07, 6.45) is 5.41. The molecule has 3 rings (SSSR count). The molecule has 4 nitrogen and oxygen atoms in total. The van der Waals surface area contributed by atoms with Crippen molar-refractivity contribution in [2.45, 2.75) is 76.4 Å². The third kappa shape index (κ3) is 3.84. The standard InChI is InChI=1S/C21H33N3O/c1-19(2,3)22-15-20(4)16-24(17-11-7-5-8-12-17)21(18(25)23-20)13-9-6-10-14-21/h5,7-8,11-12,22H,6,9-10,13-16H2,1-4H3,(H,23,25). The number of hydrogen-bond donors (Lipinski definition) is 2. The van der Waals surface area contributed by atoms with Crippen LogP contribution in [0.2, 0.25) is 0 Å². The Morgan fingerprint density at radius 3 is 2.36 bits per heavy atom. The summed E-state index contributed by atoms with van der Waals surface area (Å²) in [5, 5.41) is 6.96. The lowest BCUT2D eigenvalue weighted by Gasteiger charge is -2.55. The van der Waals surface area contributed by atoms with Gasteiger partial charge in [0.25, 0.3) is 0 Å². The number of hydrogen-bond acceptors (Lipinski definition) is 3. The summed E-state index contributed by atoms with van der Waals surface area (Å²) in [5.74, 6) is 0.209. The number of anilines is 1. The van der Waals surface area contributed by atoms with Crippen LogP contribution in [0.5, 0.6) is 0 Å². The van der Waals surface area contributed by atoms with Crippen molar-refractivity contribution in [1.82, 2.24) is 10.6 Å². The first-order chi connectivity index (χ1) is 11.7. The molecule has 1 aliphatic carbocycles. The molecule has 0 aromatic heterocycles. The Morgan fingerprint density at radius 2 is 1.76 bits per heavy atom. The monoisotopic (exact) mass is 343 g/mol. The minimum absolute atomic E-state index is 0.0330. The maximum Gasteiger partial charge on any atom is 0.246 e. The maximum absolute atomic E-state index is 13.3. The molecular weight excluding hydrogens is 310 g/mol. The third-order valence-electron chi connectivity index (χ3n) is 5.62. The van der Waals surface area contributed by atoms with Crippen LogP contribution in [0, 0.1) is 0 Å². The van der Waals surface area contributed by atoms with Crippen molar-refractivity contribution in [2.24, 2.45) is 0 Å². The fourth-order valence-corrected chi connectivity index (χ4v) is 4.19. The van der Waals surface area contributed by atoms with Crippen LogP contribution in [0.3, 0.4) is 0 Å². The van der Waals surface area contributed by atoms with Gasteiger partial charge in [-0.3, -0.25) is 4.79 Å². The lowest BCUT2D eigenvalue weighted by Crippen LogP contribution is -2.75. The van der Waals surface area contributed by atoms with Crippen LogP contribution in [-0.2, 0) is 4.79 Å². The number of nitrogens with zero attached hydrogens (tertiary/aromatic N) is 1. The Balaban J connectivity index is 1.91. The predicted molar refractivity (Wildman–Crippen MR) is 104 cm³/mol. The van der Waals surface area contributed by atoms with Crippen LogP contribution >= 0.6 is 0 Å². The lowest BCUT2D eigenvalue weighted by molar-refractivity contribution is -0.131. The van der Waals surface area contributed by atoms with Crippen molar-refractivity contribution < 1.29 is 4.79 Å². The van der Waals surface area contributed by atoms with Crippen LogP contribution in [0.15, 0.2) is 30.3 Å². The number of piperazine rings is 1. The number of nitrogens with one attached hydrogen (secondary N) is 2. The minimum atomic E-state index is -0.374. The highest BCUT2D eigenvalue weighted by Crippen LogP contribution is 2.40. The van der Waals surface area contributed by atoms with Crippen molar-refractivity contribution in [1.29, 1.82) is 0 Å². The van der Waals surface area contributed by atoms with Crippen LogP contribution in [-0.4, -0.2) is 35.6 Å². The molecule has 1 aromatic carbocycles. The van der Waals surface area contributed by atoms with Gasteiger partial charge in [0.15, 0.2) is 0 Å². The number of amides is 1. The molecule has 1 aromatic rings. The number of para-hydroxylation sites is 1. The smallest absolute Gasteiger partial charge is 0.246 e. The van der Waals surface area contributed by atoms with E-state index in [9.17, 15) is 4.79 Å². The Morgan fingerprint density at radius 1 is 1.12 bits per heavy atom. The molecular formula is C21H33N3O. The SMILES string of the molecule is CC(C)(C)NCC1(C)CN(c2ccccc2)C2(CCCCC2)C(=O)N1. The summed E-state index contributed by atoms with van der Waals surface area (Å²) < 4.78 is 0. The summed E-state index contributed by atoms with van der Waals surface area (Å²) in [7, 11) is 0. The Hall–Kier alpha value is -1.55. The molecule has 1 unspecified atom stereocenters. The van der Waals surface area contributed by atoms with E-state index in [0.29, 0.717) is 0 Å². The normalized spacial score (nSPS) is 26.6. The second-order valence-electron chi connectivity index (χ2n) is 9.13. The number of carbonyl (C=O) groups is 1. The molecule has 1 heterocycles. The van der Waals surface area contributed by atoms with Gasteiger partial charge in [0.05, 0.1) is 5.54 Å². The third-order valence-corrected chi connectivity index (χ3v) is 5.62. The first-order valence-corrected chi connectivity index (χ1v) is 9.65. The van der Waals surface area contributed by atoms with E-state index < -0.39 is 0 Å². The van der Waals surface area contributed by atoms with Gasteiger partial charge in [0.1, 0.15) is 5.54 Å². The zero-order valence-corrected chi connectivity index (χ0v) is 16.2. The van der Waals surface area contributed by atoms with Crippen molar-refractivity contribution in [3.63, 3.8) is 0 Å². The Bertz CT molecular complexity index is 601. The van der Waals surface area contributed by atoms with Crippen molar-refractivity contribution in [3.8, 4) is 0 Å². The lowest BCUT2D eigenvalue weighted by atomic mass is 9.75. The number of carbonyl (C=O) groups excluding carboxylic acids is 1. The maximum atomic E-state index is 13.3. The second-order valence-corrected chi connectivity index (χ2v) is 9.13. The molecule has 1 atom stereocenters. The molecule has 0 bridgehead atoms. The van der Waals surface area contributed by atoms with E-state index in [2.05, 4.69) is 67.5 Å². The van der Waals surface area contributed by atoms with Gasteiger partial charge in [0, 0.05) is 24.3 Å². The molecule has 2 aliphatic rings. The molecule has 138 valence electrons. The quantitative estimate of drug-likeness (QED) is 0.883. The fourth-order valence-electron chi connectivity index (χ4n) is 4.19. The van der Waals surface area contributed by atoms with Crippen LogP contribution < -0.4 is 15.5 Å². The summed E-state index contributed by atoms with van der Waals surface area (Å²) in [5.41, 5.74) is 0.552. The van der Waals surface area contributed by atoms with E-state index in [4.69, 9.17) is 0 Å². The van der Waals surface area contributed by atoms with Crippen LogP contribution in [0.4, 0.5) is 5.69 Å². The minimum Gasteiger partial charge on any atom is -0.355 e. The Labute approximate surface area is 152 Å². The van der Waals surface area contributed by atoms with Gasteiger partial charge in [-0.15, -0.1) is 0 Å². The van der Waals surface area contributed by atoms with E-state index >= 15 is 0 Å². The van der Waals surface area contributed by atoms with E-state index in [1.807, 2.05) is 6.07 Å². The molecule has 1 saturated carbocycles. The average molecular weight is 344 g/mol. The molecule has 1 saturated heterocycles. The molecule has 4 heteroatoms. The van der Waals surface area contributed by atoms with Gasteiger partial charge >= 0.3 is 0 Å². The Kier molecular flexibility index (Phi) is 4.84. The van der Waals surface area contributed by atoms with Crippen LogP contribution in [0.1, 0.15) is 59.8 Å². The molecule has 25 heavy (non-hydrogen) atoms. The van der Waals surface area contributed by atoms with E-state index in [1.165, 1.54) is 12.1 Å². The van der Waals surface area contributed by atoms with Gasteiger partial charge in [-0.25, -0.2) is 0 Å². The van der Waals surface area contributed by atoms with E-state index in [-0.39, 0.29) is 22.5 Å².